The van der Waals surface area contributed by atoms with Gasteiger partial charge in [-0.15, -0.1) is 11.3 Å². The van der Waals surface area contributed by atoms with Crippen LogP contribution >= 0.6 is 11.3 Å². The van der Waals surface area contributed by atoms with Crippen LogP contribution in [0.25, 0.3) is 0 Å². The summed E-state index contributed by atoms with van der Waals surface area (Å²) in [5.41, 5.74) is 4.87. The van der Waals surface area contributed by atoms with Crippen LogP contribution < -0.4 is 0 Å². The van der Waals surface area contributed by atoms with E-state index in [1.807, 2.05) is 33.2 Å². The molecule has 0 aromatic carbocycles. The van der Waals surface area contributed by atoms with Gasteiger partial charge in [0.2, 0.25) is 0 Å². The second kappa shape index (κ2) is 7.52. The van der Waals surface area contributed by atoms with Crippen LogP contribution in [0.15, 0.2) is 26.8 Å². The average Bonchev–Trinajstić information content (AvgIpc) is 3.43. The van der Waals surface area contributed by atoms with Gasteiger partial charge in [-0.1, -0.05) is 10.3 Å². The Morgan fingerprint density at radius 1 is 1.39 bits per heavy atom. The number of aryl methyl sites for hydroxylation is 2. The predicted molar refractivity (Wildman–Crippen MR) is 105 cm³/mol. The summed E-state index contributed by atoms with van der Waals surface area (Å²) in [6, 6.07) is 1.66. The minimum absolute atomic E-state index is 0.0344. The molecule has 0 spiro atoms. The number of carbonyl (C=O) groups is 1. The Morgan fingerprint density at radius 3 is 2.89 bits per heavy atom. The van der Waals surface area contributed by atoms with E-state index in [1.165, 1.54) is 16.7 Å². The van der Waals surface area contributed by atoms with Crippen molar-refractivity contribution >= 4 is 17.2 Å². The maximum absolute atomic E-state index is 13.1. The van der Waals surface area contributed by atoms with Gasteiger partial charge in [0, 0.05) is 48.6 Å². The smallest absolute Gasteiger partial charge is 0.255 e. The third-order valence-corrected chi connectivity index (χ3v) is 6.62. The van der Waals surface area contributed by atoms with E-state index in [-0.39, 0.29) is 11.9 Å². The van der Waals surface area contributed by atoms with E-state index in [4.69, 9.17) is 9.05 Å². The van der Waals surface area contributed by atoms with E-state index < -0.39 is 0 Å². The van der Waals surface area contributed by atoms with E-state index in [2.05, 4.69) is 15.2 Å². The summed E-state index contributed by atoms with van der Waals surface area (Å²) in [6.07, 6.45) is 2.40. The van der Waals surface area contributed by atoms with Crippen LogP contribution in [0.3, 0.4) is 0 Å². The second-order valence-electron chi connectivity index (χ2n) is 7.33. The highest BCUT2D eigenvalue weighted by atomic mass is 32.1. The molecule has 1 aliphatic heterocycles. The van der Waals surface area contributed by atoms with Gasteiger partial charge in [0.05, 0.1) is 17.3 Å². The van der Waals surface area contributed by atoms with Crippen molar-refractivity contribution in [3.05, 3.63) is 56.4 Å². The number of hydrogen-bond acceptors (Lipinski definition) is 7. The number of thiophene rings is 1. The zero-order valence-corrected chi connectivity index (χ0v) is 17.4. The first-order chi connectivity index (χ1) is 13.5. The van der Waals surface area contributed by atoms with Gasteiger partial charge in [-0.2, -0.15) is 0 Å². The first-order valence-corrected chi connectivity index (χ1v) is 10.2. The number of rotatable bonds is 5. The van der Waals surface area contributed by atoms with Gasteiger partial charge in [-0.05, 0) is 32.8 Å². The molecule has 0 saturated heterocycles. The van der Waals surface area contributed by atoms with Crippen LogP contribution in [-0.4, -0.2) is 39.6 Å². The largest absolute Gasteiger partial charge is 0.364 e. The average molecular weight is 401 g/mol. The molecule has 1 aliphatic rings. The number of nitrogens with zero attached hydrogens (tertiary/aromatic N) is 4. The Labute approximate surface area is 167 Å². The highest BCUT2D eigenvalue weighted by molar-refractivity contribution is 7.10. The van der Waals surface area contributed by atoms with E-state index >= 15 is 0 Å². The van der Waals surface area contributed by atoms with E-state index in [9.17, 15) is 4.79 Å². The Bertz CT molecular complexity index is 956. The molecular weight excluding hydrogens is 376 g/mol. The fourth-order valence-electron chi connectivity index (χ4n) is 3.65. The summed E-state index contributed by atoms with van der Waals surface area (Å²) < 4.78 is 10.2. The van der Waals surface area contributed by atoms with Crippen molar-refractivity contribution in [2.75, 3.05) is 13.6 Å². The van der Waals surface area contributed by atoms with Crippen molar-refractivity contribution in [1.29, 1.82) is 0 Å². The van der Waals surface area contributed by atoms with Gasteiger partial charge in [0.15, 0.2) is 0 Å². The monoisotopic (exact) mass is 400 g/mol. The first-order valence-electron chi connectivity index (χ1n) is 9.36. The van der Waals surface area contributed by atoms with Crippen LogP contribution in [0.1, 0.15) is 56.5 Å². The van der Waals surface area contributed by atoms with Gasteiger partial charge < -0.3 is 13.9 Å². The zero-order chi connectivity index (χ0) is 19.8. The number of hydrogen-bond donors (Lipinski definition) is 0. The lowest BCUT2D eigenvalue weighted by molar-refractivity contribution is 0.0736. The summed E-state index contributed by atoms with van der Waals surface area (Å²) in [4.78, 5) is 18.5. The predicted octanol–water partition coefficient (Wildman–Crippen LogP) is 3.73. The summed E-state index contributed by atoms with van der Waals surface area (Å²) in [7, 11) is 1.82. The SMILES string of the molecule is Cc1noc(C)c1CN1CCc2c(C(=O)N(C)[C@@H](C)c3ccon3)csc2C1. The van der Waals surface area contributed by atoms with Gasteiger partial charge in [0.25, 0.3) is 5.91 Å². The summed E-state index contributed by atoms with van der Waals surface area (Å²) in [5, 5.41) is 10.0. The molecule has 0 radical (unpaired) electrons. The lowest BCUT2D eigenvalue weighted by atomic mass is 10.0. The molecule has 28 heavy (non-hydrogen) atoms. The van der Waals surface area contributed by atoms with Crippen molar-refractivity contribution in [3.63, 3.8) is 0 Å². The molecule has 1 amide bonds. The quantitative estimate of drug-likeness (QED) is 0.650. The molecule has 1 atom stereocenters. The third-order valence-electron chi connectivity index (χ3n) is 5.61. The molecule has 0 aliphatic carbocycles. The van der Waals surface area contributed by atoms with Crippen LogP contribution in [0.5, 0.6) is 0 Å². The molecule has 0 bridgehead atoms. The molecule has 3 aromatic heterocycles. The molecule has 0 saturated carbocycles. The highest BCUT2D eigenvalue weighted by Crippen LogP contribution is 2.32. The van der Waals surface area contributed by atoms with E-state index in [1.54, 1.807) is 22.3 Å². The minimum Gasteiger partial charge on any atom is -0.364 e. The van der Waals surface area contributed by atoms with Gasteiger partial charge in [0.1, 0.15) is 17.7 Å². The second-order valence-corrected chi connectivity index (χ2v) is 8.30. The lowest BCUT2D eigenvalue weighted by Gasteiger charge is -2.28. The molecule has 0 fully saturated rings. The lowest BCUT2D eigenvalue weighted by Crippen LogP contribution is -2.33. The molecule has 0 N–H and O–H groups in total. The van der Waals surface area contributed by atoms with E-state index in [0.29, 0.717) is 0 Å². The maximum Gasteiger partial charge on any atom is 0.255 e. The fraction of sp³-hybridized carbons (Fsp3) is 0.450. The molecule has 4 heterocycles. The molecule has 8 heteroatoms. The minimum atomic E-state index is -0.138. The van der Waals surface area contributed by atoms with Crippen molar-refractivity contribution in [2.24, 2.45) is 0 Å². The fourth-order valence-corrected chi connectivity index (χ4v) is 4.76. The van der Waals surface area contributed by atoms with Crippen molar-refractivity contribution in [2.45, 2.75) is 46.3 Å². The molecule has 0 unspecified atom stereocenters. The van der Waals surface area contributed by atoms with Gasteiger partial charge in [-0.25, -0.2) is 0 Å². The standard InChI is InChI=1S/C20H24N4O3S/c1-12-16(14(3)27-21-12)9-24-7-5-15-17(11-28-19(15)10-24)20(25)23(4)13(2)18-6-8-26-22-18/h6,8,11,13H,5,7,9-10H2,1-4H3/t13-/m0/s1. The molecule has 7 nitrogen and oxygen atoms in total. The third kappa shape index (κ3) is 3.38. The Kier molecular flexibility index (Phi) is 5.07. The van der Waals surface area contributed by atoms with Crippen LogP contribution in [0.2, 0.25) is 0 Å². The topological polar surface area (TPSA) is 75.6 Å². The number of amides is 1. The summed E-state index contributed by atoms with van der Waals surface area (Å²) in [6.45, 7) is 8.48. The zero-order valence-electron chi connectivity index (χ0n) is 16.6. The highest BCUT2D eigenvalue weighted by Gasteiger charge is 2.28. The summed E-state index contributed by atoms with van der Waals surface area (Å²) in [5.74, 6) is 0.918. The molecule has 148 valence electrons. The van der Waals surface area contributed by atoms with Crippen LogP contribution in [0.4, 0.5) is 0 Å². The van der Waals surface area contributed by atoms with Crippen molar-refractivity contribution < 1.29 is 13.8 Å². The van der Waals surface area contributed by atoms with Crippen LogP contribution in [0, 0.1) is 13.8 Å². The molecule has 3 aromatic rings. The normalized spacial score (nSPS) is 15.4. The number of fused-ring (bicyclic) bond motifs is 1. The van der Waals surface area contributed by atoms with Crippen molar-refractivity contribution in [1.82, 2.24) is 20.1 Å². The molecule has 4 rings (SSSR count). The Hall–Kier alpha value is -2.45. The Balaban J connectivity index is 1.48. The van der Waals surface area contributed by atoms with Crippen LogP contribution in [-0.2, 0) is 19.5 Å². The maximum atomic E-state index is 13.1. The number of aromatic nitrogens is 2. The Morgan fingerprint density at radius 2 is 2.21 bits per heavy atom. The van der Waals surface area contributed by atoms with E-state index in [0.717, 1.165) is 54.3 Å². The van der Waals surface area contributed by atoms with Gasteiger partial charge >= 0.3 is 0 Å². The van der Waals surface area contributed by atoms with Gasteiger partial charge in [-0.3, -0.25) is 9.69 Å². The number of carbonyl (C=O) groups excluding carboxylic acids is 1. The summed E-state index contributed by atoms with van der Waals surface area (Å²) >= 11 is 1.67. The molecular formula is C20H24N4O3S. The first kappa shape index (κ1) is 18.9. The van der Waals surface area contributed by atoms with Crippen molar-refractivity contribution in [3.8, 4) is 0 Å².